The van der Waals surface area contributed by atoms with Crippen molar-refractivity contribution in [2.75, 3.05) is 0 Å². The molecule has 3 amide bonds. The molecule has 8 N–H and O–H groups in total. The summed E-state index contributed by atoms with van der Waals surface area (Å²) in [5.41, 5.74) is 5.42. The van der Waals surface area contributed by atoms with Gasteiger partial charge < -0.3 is 37.0 Å². The SMILES string of the molecule is CC(NC(=O)C(C)NC(=O)C(N)C(C)O)C(=O)NC(CC(=O)O)C(=O)O. The third-order valence-electron chi connectivity index (χ3n) is 3.32. The summed E-state index contributed by atoms with van der Waals surface area (Å²) in [5.74, 6) is -5.39. The molecule has 0 bridgehead atoms. The van der Waals surface area contributed by atoms with E-state index in [2.05, 4.69) is 10.6 Å². The van der Waals surface area contributed by atoms with Gasteiger partial charge in [-0.15, -0.1) is 0 Å². The van der Waals surface area contributed by atoms with Gasteiger partial charge in [0.2, 0.25) is 17.7 Å². The molecule has 5 unspecified atom stereocenters. The van der Waals surface area contributed by atoms with Gasteiger partial charge in [-0.3, -0.25) is 19.2 Å². The van der Waals surface area contributed by atoms with E-state index >= 15 is 0 Å². The minimum atomic E-state index is -1.65. The molecule has 0 heterocycles. The first kappa shape index (κ1) is 23.3. The summed E-state index contributed by atoms with van der Waals surface area (Å²) in [5, 5.41) is 33.2. The molecule has 0 aliphatic rings. The van der Waals surface area contributed by atoms with Crippen LogP contribution in [0.5, 0.6) is 0 Å². The van der Waals surface area contributed by atoms with Gasteiger partial charge in [-0.05, 0) is 20.8 Å². The van der Waals surface area contributed by atoms with Gasteiger partial charge in [-0.25, -0.2) is 4.79 Å². The molecule has 148 valence electrons. The highest BCUT2D eigenvalue weighted by atomic mass is 16.4. The summed E-state index contributed by atoms with van der Waals surface area (Å²) < 4.78 is 0. The molecule has 0 radical (unpaired) electrons. The maximum atomic E-state index is 12.0. The van der Waals surface area contributed by atoms with Crippen molar-refractivity contribution in [3.63, 3.8) is 0 Å². The molecule has 12 nitrogen and oxygen atoms in total. The lowest BCUT2D eigenvalue weighted by Gasteiger charge is -2.21. The first-order valence-corrected chi connectivity index (χ1v) is 7.66. The lowest BCUT2D eigenvalue weighted by atomic mass is 10.1. The minimum absolute atomic E-state index is 0.760. The van der Waals surface area contributed by atoms with Gasteiger partial charge in [0.25, 0.3) is 0 Å². The monoisotopic (exact) mass is 376 g/mol. The van der Waals surface area contributed by atoms with Crippen LogP contribution in [-0.2, 0) is 24.0 Å². The molecule has 0 rings (SSSR count). The Hall–Kier alpha value is -2.73. The van der Waals surface area contributed by atoms with E-state index in [4.69, 9.17) is 15.9 Å². The fraction of sp³-hybridized carbons (Fsp3) is 0.643. The number of aliphatic hydroxyl groups is 1. The second kappa shape index (κ2) is 10.3. The third-order valence-corrected chi connectivity index (χ3v) is 3.32. The molecule has 12 heteroatoms. The first-order valence-electron chi connectivity index (χ1n) is 7.66. The number of amides is 3. The van der Waals surface area contributed by atoms with E-state index in [-0.39, 0.29) is 0 Å². The van der Waals surface area contributed by atoms with Gasteiger partial charge in [0.1, 0.15) is 24.2 Å². The zero-order valence-corrected chi connectivity index (χ0v) is 14.6. The van der Waals surface area contributed by atoms with Crippen LogP contribution in [0.25, 0.3) is 0 Å². The Labute approximate surface area is 149 Å². The van der Waals surface area contributed by atoms with Crippen LogP contribution in [0.3, 0.4) is 0 Å². The van der Waals surface area contributed by atoms with Crippen LogP contribution < -0.4 is 21.7 Å². The predicted octanol–water partition coefficient (Wildman–Crippen LogP) is -3.25. The zero-order valence-electron chi connectivity index (χ0n) is 14.6. The number of carboxylic acid groups (broad SMARTS) is 2. The third kappa shape index (κ3) is 7.90. The fourth-order valence-corrected chi connectivity index (χ4v) is 1.67. The Morgan fingerprint density at radius 1 is 0.846 bits per heavy atom. The zero-order chi connectivity index (χ0) is 20.6. The van der Waals surface area contributed by atoms with Crippen LogP contribution in [0, 0.1) is 0 Å². The van der Waals surface area contributed by atoms with Gasteiger partial charge in [-0.2, -0.15) is 0 Å². The van der Waals surface area contributed by atoms with Crippen molar-refractivity contribution in [1.82, 2.24) is 16.0 Å². The topological polar surface area (TPSA) is 208 Å². The van der Waals surface area contributed by atoms with E-state index in [0.29, 0.717) is 0 Å². The molecule has 5 atom stereocenters. The van der Waals surface area contributed by atoms with Crippen molar-refractivity contribution in [2.45, 2.75) is 57.5 Å². The standard InChI is InChI=1S/C14H24N4O8/c1-5(17-13(24)10(15)7(3)19)11(22)16-6(2)12(23)18-8(14(25)26)4-9(20)21/h5-8,10,19H,4,15H2,1-3H3,(H,16,22)(H,17,24)(H,18,23)(H,20,21)(H,25,26). The summed E-state index contributed by atoms with van der Waals surface area (Å²) in [6.07, 6.45) is -1.96. The van der Waals surface area contributed by atoms with E-state index in [1.54, 1.807) is 0 Å². The molecule has 0 aliphatic carbocycles. The normalized spacial score (nSPS) is 16.3. The second-order valence-electron chi connectivity index (χ2n) is 5.72. The average Bonchev–Trinajstić information content (AvgIpc) is 2.52. The van der Waals surface area contributed by atoms with Gasteiger partial charge >= 0.3 is 11.9 Å². The molecule has 0 fully saturated rings. The van der Waals surface area contributed by atoms with E-state index in [9.17, 15) is 29.1 Å². The number of hydrogen-bond acceptors (Lipinski definition) is 7. The van der Waals surface area contributed by atoms with E-state index < -0.39 is 66.4 Å². The number of carbonyl (C=O) groups is 5. The van der Waals surface area contributed by atoms with Gasteiger partial charge in [0.15, 0.2) is 0 Å². The number of aliphatic carboxylic acids is 2. The Bertz CT molecular complexity index is 565. The van der Waals surface area contributed by atoms with E-state index in [1.807, 2.05) is 5.32 Å². The highest BCUT2D eigenvalue weighted by Gasteiger charge is 2.28. The molecule has 0 aromatic heterocycles. The molecule has 0 aromatic rings. The highest BCUT2D eigenvalue weighted by Crippen LogP contribution is 1.96. The van der Waals surface area contributed by atoms with Crippen molar-refractivity contribution in [3.05, 3.63) is 0 Å². The molecule has 0 aliphatic heterocycles. The maximum absolute atomic E-state index is 12.0. The second-order valence-corrected chi connectivity index (χ2v) is 5.72. The number of rotatable bonds is 10. The van der Waals surface area contributed by atoms with Crippen molar-refractivity contribution >= 4 is 29.7 Å². The summed E-state index contributed by atoms with van der Waals surface area (Å²) >= 11 is 0. The predicted molar refractivity (Wildman–Crippen MR) is 86.7 cm³/mol. The Kier molecular flexibility index (Phi) is 9.22. The lowest BCUT2D eigenvalue weighted by Crippen LogP contribution is -2.56. The number of aliphatic hydroxyl groups excluding tert-OH is 1. The highest BCUT2D eigenvalue weighted by molar-refractivity contribution is 5.94. The quantitative estimate of drug-likeness (QED) is 0.204. The summed E-state index contributed by atoms with van der Waals surface area (Å²) in [6.45, 7) is 3.87. The Morgan fingerprint density at radius 2 is 1.27 bits per heavy atom. The number of carbonyl (C=O) groups excluding carboxylic acids is 3. The summed E-state index contributed by atoms with van der Waals surface area (Å²) in [6, 6.07) is -5.17. The van der Waals surface area contributed by atoms with Gasteiger partial charge in [0.05, 0.1) is 12.5 Å². The summed E-state index contributed by atoms with van der Waals surface area (Å²) in [7, 11) is 0. The minimum Gasteiger partial charge on any atom is -0.481 e. The molecule has 0 saturated carbocycles. The Balaban J connectivity index is 4.68. The van der Waals surface area contributed by atoms with Crippen molar-refractivity contribution in [2.24, 2.45) is 5.73 Å². The van der Waals surface area contributed by atoms with Crippen LogP contribution in [0.15, 0.2) is 0 Å². The van der Waals surface area contributed by atoms with Crippen LogP contribution in [0.2, 0.25) is 0 Å². The smallest absolute Gasteiger partial charge is 0.326 e. The lowest BCUT2D eigenvalue weighted by molar-refractivity contribution is -0.147. The fourth-order valence-electron chi connectivity index (χ4n) is 1.67. The molecular weight excluding hydrogens is 352 g/mol. The number of nitrogens with one attached hydrogen (secondary N) is 3. The van der Waals surface area contributed by atoms with Crippen LogP contribution in [0.1, 0.15) is 27.2 Å². The van der Waals surface area contributed by atoms with Gasteiger partial charge in [-0.1, -0.05) is 0 Å². The Morgan fingerprint density at radius 3 is 1.65 bits per heavy atom. The molecular formula is C14H24N4O8. The van der Waals surface area contributed by atoms with Crippen LogP contribution in [0.4, 0.5) is 0 Å². The number of carboxylic acids is 2. The summed E-state index contributed by atoms with van der Waals surface area (Å²) in [4.78, 5) is 57.0. The van der Waals surface area contributed by atoms with Crippen molar-refractivity contribution in [1.29, 1.82) is 0 Å². The molecule has 0 aromatic carbocycles. The average molecular weight is 376 g/mol. The van der Waals surface area contributed by atoms with Crippen molar-refractivity contribution < 1.29 is 39.3 Å². The maximum Gasteiger partial charge on any atom is 0.326 e. The van der Waals surface area contributed by atoms with E-state index in [1.165, 1.54) is 20.8 Å². The molecule has 0 spiro atoms. The van der Waals surface area contributed by atoms with Crippen LogP contribution >= 0.6 is 0 Å². The molecule has 26 heavy (non-hydrogen) atoms. The van der Waals surface area contributed by atoms with Crippen LogP contribution in [-0.4, -0.2) is 75.3 Å². The molecule has 0 saturated heterocycles. The van der Waals surface area contributed by atoms with Crippen molar-refractivity contribution in [3.8, 4) is 0 Å². The largest absolute Gasteiger partial charge is 0.481 e. The number of hydrogen-bond donors (Lipinski definition) is 7. The number of nitrogens with two attached hydrogens (primary N) is 1. The first-order chi connectivity index (χ1) is 11.9. The van der Waals surface area contributed by atoms with Gasteiger partial charge in [0, 0.05) is 0 Å². The van der Waals surface area contributed by atoms with E-state index in [0.717, 1.165) is 0 Å².